The summed E-state index contributed by atoms with van der Waals surface area (Å²) in [6, 6.07) is 0. The highest BCUT2D eigenvalue weighted by Gasteiger charge is 1.95. The highest BCUT2D eigenvalue weighted by atomic mass is 16.5. The summed E-state index contributed by atoms with van der Waals surface area (Å²) >= 11 is 0. The van der Waals surface area contributed by atoms with Crippen LogP contribution in [0.1, 0.15) is 6.92 Å². The Bertz CT molecular complexity index is 127. The average molecular weight is 127 g/mol. The summed E-state index contributed by atoms with van der Waals surface area (Å²) in [6.45, 7) is 6.04. The zero-order valence-corrected chi connectivity index (χ0v) is 5.98. The Labute approximate surface area is 56.0 Å². The molecule has 0 heterocycles. The van der Waals surface area contributed by atoms with Crippen molar-refractivity contribution in [1.29, 1.82) is 0 Å². The second-order valence-electron chi connectivity index (χ2n) is 1.66. The standard InChI is InChI=1S/C7H13NO/c1-4-7(9-3)6(2)5-8/h4H,2,5,8H2,1,3H3/b7-4+. The molecule has 0 atom stereocenters. The van der Waals surface area contributed by atoms with Crippen LogP contribution >= 0.6 is 0 Å². The molecule has 0 amide bonds. The lowest BCUT2D eigenvalue weighted by atomic mass is 10.2. The molecule has 0 aliphatic rings. The summed E-state index contributed by atoms with van der Waals surface area (Å²) in [4.78, 5) is 0. The van der Waals surface area contributed by atoms with Crippen LogP contribution < -0.4 is 5.73 Å². The summed E-state index contributed by atoms with van der Waals surface area (Å²) in [7, 11) is 1.61. The van der Waals surface area contributed by atoms with Crippen LogP contribution in [0.25, 0.3) is 0 Å². The van der Waals surface area contributed by atoms with E-state index in [1.807, 2.05) is 13.0 Å². The summed E-state index contributed by atoms with van der Waals surface area (Å²) in [5, 5.41) is 0. The van der Waals surface area contributed by atoms with Gasteiger partial charge in [0.25, 0.3) is 0 Å². The minimum absolute atomic E-state index is 0.452. The predicted octanol–water partition coefficient (Wildman–Crippen LogP) is 1.05. The Morgan fingerprint density at radius 2 is 2.33 bits per heavy atom. The van der Waals surface area contributed by atoms with E-state index in [1.54, 1.807) is 7.11 Å². The molecule has 0 spiro atoms. The molecule has 9 heavy (non-hydrogen) atoms. The Morgan fingerprint density at radius 1 is 1.78 bits per heavy atom. The van der Waals surface area contributed by atoms with Gasteiger partial charge in [-0.2, -0.15) is 0 Å². The molecular weight excluding hydrogens is 114 g/mol. The van der Waals surface area contributed by atoms with Gasteiger partial charge in [0.1, 0.15) is 5.76 Å². The fraction of sp³-hybridized carbons (Fsp3) is 0.429. The van der Waals surface area contributed by atoms with Crippen molar-refractivity contribution in [3.8, 4) is 0 Å². The fourth-order valence-corrected chi connectivity index (χ4v) is 0.567. The van der Waals surface area contributed by atoms with E-state index in [9.17, 15) is 0 Å². The van der Waals surface area contributed by atoms with Gasteiger partial charge in [0.15, 0.2) is 0 Å². The molecule has 0 rings (SSSR count). The zero-order chi connectivity index (χ0) is 7.28. The SMILES string of the molecule is C=C(CN)/C(=C\C)OC. The van der Waals surface area contributed by atoms with Gasteiger partial charge in [0.2, 0.25) is 0 Å². The van der Waals surface area contributed by atoms with E-state index in [0.717, 1.165) is 11.3 Å². The van der Waals surface area contributed by atoms with Crippen molar-refractivity contribution < 1.29 is 4.74 Å². The lowest BCUT2D eigenvalue weighted by Crippen LogP contribution is -2.04. The third-order valence-corrected chi connectivity index (χ3v) is 1.08. The maximum Gasteiger partial charge on any atom is 0.118 e. The van der Waals surface area contributed by atoms with Crippen LogP contribution in [0, 0.1) is 0 Å². The minimum atomic E-state index is 0.452. The zero-order valence-electron chi connectivity index (χ0n) is 5.98. The molecule has 0 bridgehead atoms. The monoisotopic (exact) mass is 127 g/mol. The van der Waals surface area contributed by atoms with Gasteiger partial charge in [-0.15, -0.1) is 0 Å². The number of allylic oxidation sites excluding steroid dienone is 1. The molecule has 0 aromatic carbocycles. The van der Waals surface area contributed by atoms with Crippen molar-refractivity contribution in [2.24, 2.45) is 5.73 Å². The average Bonchev–Trinajstić information content (AvgIpc) is 1.90. The molecule has 0 aromatic heterocycles. The summed E-state index contributed by atoms with van der Waals surface area (Å²) in [5.74, 6) is 0.775. The van der Waals surface area contributed by atoms with Crippen molar-refractivity contribution in [3.63, 3.8) is 0 Å². The first-order valence-corrected chi connectivity index (χ1v) is 2.84. The van der Waals surface area contributed by atoms with Crippen LogP contribution in [0.5, 0.6) is 0 Å². The normalized spacial score (nSPS) is 11.2. The van der Waals surface area contributed by atoms with Crippen molar-refractivity contribution in [1.82, 2.24) is 0 Å². The maximum atomic E-state index is 5.30. The van der Waals surface area contributed by atoms with Gasteiger partial charge in [-0.05, 0) is 13.0 Å². The van der Waals surface area contributed by atoms with Crippen LogP contribution in [0.15, 0.2) is 24.0 Å². The van der Waals surface area contributed by atoms with Gasteiger partial charge in [-0.3, -0.25) is 0 Å². The van der Waals surface area contributed by atoms with E-state index >= 15 is 0 Å². The van der Waals surface area contributed by atoms with Gasteiger partial charge in [-0.25, -0.2) is 0 Å². The largest absolute Gasteiger partial charge is 0.497 e. The van der Waals surface area contributed by atoms with Gasteiger partial charge in [0, 0.05) is 12.1 Å². The molecule has 0 unspecified atom stereocenters. The summed E-state index contributed by atoms with van der Waals surface area (Å²) < 4.78 is 4.93. The van der Waals surface area contributed by atoms with Gasteiger partial charge in [-0.1, -0.05) is 6.58 Å². The highest BCUT2D eigenvalue weighted by Crippen LogP contribution is 2.04. The van der Waals surface area contributed by atoms with Crippen molar-refractivity contribution >= 4 is 0 Å². The second-order valence-corrected chi connectivity index (χ2v) is 1.66. The number of nitrogens with two attached hydrogens (primary N) is 1. The predicted molar refractivity (Wildman–Crippen MR) is 39.0 cm³/mol. The van der Waals surface area contributed by atoms with Crippen molar-refractivity contribution in [3.05, 3.63) is 24.0 Å². The minimum Gasteiger partial charge on any atom is -0.497 e. The molecule has 2 nitrogen and oxygen atoms in total. The Morgan fingerprint density at radius 3 is 2.44 bits per heavy atom. The Hall–Kier alpha value is -0.760. The fourth-order valence-electron chi connectivity index (χ4n) is 0.567. The molecule has 0 saturated heterocycles. The molecule has 0 aliphatic carbocycles. The number of hydrogen-bond donors (Lipinski definition) is 1. The van der Waals surface area contributed by atoms with E-state index in [-0.39, 0.29) is 0 Å². The first-order valence-electron chi connectivity index (χ1n) is 2.84. The van der Waals surface area contributed by atoms with Gasteiger partial charge >= 0.3 is 0 Å². The molecule has 2 N–H and O–H groups in total. The topological polar surface area (TPSA) is 35.2 Å². The van der Waals surface area contributed by atoms with E-state index in [4.69, 9.17) is 10.5 Å². The van der Waals surface area contributed by atoms with Gasteiger partial charge in [0.05, 0.1) is 7.11 Å². The molecule has 0 fully saturated rings. The summed E-state index contributed by atoms with van der Waals surface area (Å²) in [6.07, 6.45) is 1.84. The smallest absolute Gasteiger partial charge is 0.118 e. The van der Waals surface area contributed by atoms with Crippen LogP contribution in [0.2, 0.25) is 0 Å². The van der Waals surface area contributed by atoms with E-state index in [2.05, 4.69) is 6.58 Å². The number of rotatable bonds is 3. The van der Waals surface area contributed by atoms with Crippen LogP contribution in [0.3, 0.4) is 0 Å². The molecule has 2 heteroatoms. The number of methoxy groups -OCH3 is 1. The molecular formula is C7H13NO. The van der Waals surface area contributed by atoms with Crippen LogP contribution in [-0.4, -0.2) is 13.7 Å². The quantitative estimate of drug-likeness (QED) is 0.454. The lowest BCUT2D eigenvalue weighted by Gasteiger charge is -2.04. The third kappa shape index (κ3) is 2.33. The highest BCUT2D eigenvalue weighted by molar-refractivity contribution is 5.22. The van der Waals surface area contributed by atoms with Crippen molar-refractivity contribution in [2.75, 3.05) is 13.7 Å². The molecule has 0 aromatic rings. The number of ether oxygens (including phenoxy) is 1. The molecule has 52 valence electrons. The second kappa shape index (κ2) is 4.15. The lowest BCUT2D eigenvalue weighted by molar-refractivity contribution is 0.299. The summed E-state index contributed by atoms with van der Waals surface area (Å²) in [5.41, 5.74) is 6.14. The van der Waals surface area contributed by atoms with Gasteiger partial charge < -0.3 is 10.5 Å². The first kappa shape index (κ1) is 8.24. The Kier molecular flexibility index (Phi) is 3.80. The van der Waals surface area contributed by atoms with E-state index in [1.165, 1.54) is 0 Å². The number of hydrogen-bond acceptors (Lipinski definition) is 2. The molecule has 0 saturated carbocycles. The van der Waals surface area contributed by atoms with E-state index in [0.29, 0.717) is 6.54 Å². The molecule has 0 radical (unpaired) electrons. The van der Waals surface area contributed by atoms with Crippen molar-refractivity contribution in [2.45, 2.75) is 6.92 Å². The maximum absolute atomic E-state index is 5.30. The van der Waals surface area contributed by atoms with Crippen LogP contribution in [0.4, 0.5) is 0 Å². The van der Waals surface area contributed by atoms with Crippen LogP contribution in [-0.2, 0) is 4.74 Å². The van der Waals surface area contributed by atoms with E-state index < -0.39 is 0 Å². The first-order chi connectivity index (χ1) is 4.26. The Balaban J connectivity index is 3.97. The molecule has 0 aliphatic heterocycles. The third-order valence-electron chi connectivity index (χ3n) is 1.08.